The summed E-state index contributed by atoms with van der Waals surface area (Å²) in [5.41, 5.74) is 3.88. The first kappa shape index (κ1) is 25.3. The maximum absolute atomic E-state index is 12.8. The fraction of sp³-hybridized carbons (Fsp3) is 0.120. The molecule has 0 saturated heterocycles. The van der Waals surface area contributed by atoms with E-state index in [4.69, 9.17) is 27.9 Å². The SMILES string of the molecule is Cc1ccc(NC(=O)/C(C#N)=C/c2cc(Br)cc(Br)c2OCc2ccc(Cl)cc2Cl)c(C)c1. The van der Waals surface area contributed by atoms with Crippen LogP contribution < -0.4 is 10.1 Å². The number of nitrogens with zero attached hydrogens (tertiary/aromatic N) is 1. The second-order valence-corrected chi connectivity index (χ2v) is 9.89. The van der Waals surface area contributed by atoms with Crippen LogP contribution in [0.2, 0.25) is 10.0 Å². The molecule has 0 aliphatic rings. The lowest BCUT2D eigenvalue weighted by Gasteiger charge is -2.14. The molecule has 168 valence electrons. The first-order valence-electron chi connectivity index (χ1n) is 9.74. The van der Waals surface area contributed by atoms with E-state index in [-0.39, 0.29) is 12.2 Å². The summed E-state index contributed by atoms with van der Waals surface area (Å²) in [6, 6.07) is 16.4. The number of amides is 1. The van der Waals surface area contributed by atoms with Crippen molar-refractivity contribution in [3.05, 3.63) is 95.3 Å². The van der Waals surface area contributed by atoms with Gasteiger partial charge in [-0.15, -0.1) is 0 Å². The van der Waals surface area contributed by atoms with Gasteiger partial charge in [-0.2, -0.15) is 5.26 Å². The van der Waals surface area contributed by atoms with Crippen LogP contribution in [0.3, 0.4) is 0 Å². The Labute approximate surface area is 219 Å². The Kier molecular flexibility index (Phi) is 8.61. The summed E-state index contributed by atoms with van der Waals surface area (Å²) < 4.78 is 7.43. The Balaban J connectivity index is 1.91. The third-order valence-electron chi connectivity index (χ3n) is 4.72. The van der Waals surface area contributed by atoms with Gasteiger partial charge in [0.2, 0.25) is 0 Å². The van der Waals surface area contributed by atoms with E-state index in [1.54, 1.807) is 24.3 Å². The predicted molar refractivity (Wildman–Crippen MR) is 141 cm³/mol. The minimum atomic E-state index is -0.507. The van der Waals surface area contributed by atoms with Crippen LogP contribution in [0.4, 0.5) is 5.69 Å². The summed E-state index contributed by atoms with van der Waals surface area (Å²) in [4.78, 5) is 12.8. The Hall–Kier alpha value is -2.30. The number of carbonyl (C=O) groups is 1. The molecule has 3 aromatic carbocycles. The third-order valence-corrected chi connectivity index (χ3v) is 6.35. The molecule has 3 aromatic rings. The van der Waals surface area contributed by atoms with E-state index in [0.29, 0.717) is 31.5 Å². The highest BCUT2D eigenvalue weighted by molar-refractivity contribution is 9.11. The Bertz CT molecular complexity index is 1300. The molecule has 0 aliphatic heterocycles. The number of rotatable bonds is 6. The zero-order valence-corrected chi connectivity index (χ0v) is 22.4. The number of carbonyl (C=O) groups excluding carboxylic acids is 1. The first-order valence-corrected chi connectivity index (χ1v) is 12.1. The molecule has 8 heteroatoms. The number of hydrogen-bond donors (Lipinski definition) is 1. The fourth-order valence-corrected chi connectivity index (χ4v) is 4.91. The number of nitrogens with one attached hydrogen (secondary N) is 1. The molecule has 0 bridgehead atoms. The van der Waals surface area contributed by atoms with E-state index in [9.17, 15) is 10.1 Å². The third kappa shape index (κ3) is 6.61. The summed E-state index contributed by atoms with van der Waals surface area (Å²) in [6.45, 7) is 4.05. The van der Waals surface area contributed by atoms with E-state index >= 15 is 0 Å². The molecule has 0 unspecified atom stereocenters. The first-order chi connectivity index (χ1) is 15.7. The van der Waals surface area contributed by atoms with Crippen molar-refractivity contribution in [3.63, 3.8) is 0 Å². The molecule has 0 radical (unpaired) electrons. The highest BCUT2D eigenvalue weighted by atomic mass is 79.9. The predicted octanol–water partition coefficient (Wildman–Crippen LogP) is 8.26. The van der Waals surface area contributed by atoms with E-state index < -0.39 is 5.91 Å². The second kappa shape index (κ2) is 11.2. The van der Waals surface area contributed by atoms with Crippen molar-refractivity contribution in [2.24, 2.45) is 0 Å². The van der Waals surface area contributed by atoms with Crippen LogP contribution in [0.5, 0.6) is 5.75 Å². The Morgan fingerprint density at radius 1 is 1.12 bits per heavy atom. The fourth-order valence-electron chi connectivity index (χ4n) is 3.08. The summed E-state index contributed by atoms with van der Waals surface area (Å²) in [6.07, 6.45) is 1.49. The summed E-state index contributed by atoms with van der Waals surface area (Å²) in [5.74, 6) is -0.0384. The second-order valence-electron chi connectivity index (χ2n) is 7.27. The number of halogens is 4. The highest BCUT2D eigenvalue weighted by Gasteiger charge is 2.15. The minimum absolute atomic E-state index is 0.0608. The molecule has 3 rings (SSSR count). The van der Waals surface area contributed by atoms with Crippen LogP contribution in [0, 0.1) is 25.2 Å². The van der Waals surface area contributed by atoms with Crippen molar-refractivity contribution in [1.29, 1.82) is 5.26 Å². The van der Waals surface area contributed by atoms with Crippen molar-refractivity contribution in [2.45, 2.75) is 20.5 Å². The van der Waals surface area contributed by atoms with E-state index in [1.165, 1.54) is 6.08 Å². The van der Waals surface area contributed by atoms with Gasteiger partial charge in [0.1, 0.15) is 24.0 Å². The molecule has 0 aromatic heterocycles. The largest absolute Gasteiger partial charge is 0.487 e. The van der Waals surface area contributed by atoms with Gasteiger partial charge in [0.15, 0.2) is 0 Å². The van der Waals surface area contributed by atoms with Gasteiger partial charge in [0.05, 0.1) is 4.47 Å². The van der Waals surface area contributed by atoms with Crippen LogP contribution in [0.25, 0.3) is 6.08 Å². The average Bonchev–Trinajstić information content (AvgIpc) is 2.74. The maximum Gasteiger partial charge on any atom is 0.266 e. The van der Waals surface area contributed by atoms with Gasteiger partial charge in [-0.3, -0.25) is 4.79 Å². The molecular weight excluding hydrogens is 591 g/mol. The quantitative estimate of drug-likeness (QED) is 0.226. The van der Waals surface area contributed by atoms with Gasteiger partial charge in [-0.1, -0.05) is 62.9 Å². The number of anilines is 1. The standard InChI is InChI=1S/C25H18Br2Cl2N2O2/c1-14-3-6-23(15(2)7-14)31-25(32)18(12-30)8-17-9-19(26)10-21(27)24(17)33-13-16-4-5-20(28)11-22(16)29/h3-11H,13H2,1-2H3,(H,31,32)/b18-8+. The molecule has 1 N–H and O–H groups in total. The van der Waals surface area contributed by atoms with Crippen LogP contribution in [-0.2, 0) is 11.4 Å². The van der Waals surface area contributed by atoms with Gasteiger partial charge in [-0.05, 0) is 71.7 Å². The molecule has 0 atom stereocenters. The normalized spacial score (nSPS) is 11.1. The van der Waals surface area contributed by atoms with Crippen molar-refractivity contribution >= 4 is 72.7 Å². The number of nitriles is 1. The average molecular weight is 609 g/mol. The molecule has 0 heterocycles. The topological polar surface area (TPSA) is 62.1 Å². The highest BCUT2D eigenvalue weighted by Crippen LogP contribution is 2.35. The van der Waals surface area contributed by atoms with Gasteiger partial charge in [0.25, 0.3) is 5.91 Å². The van der Waals surface area contributed by atoms with Crippen LogP contribution >= 0.6 is 55.1 Å². The molecule has 0 fully saturated rings. The monoisotopic (exact) mass is 606 g/mol. The smallest absolute Gasteiger partial charge is 0.266 e. The number of aryl methyl sites for hydroxylation is 2. The Morgan fingerprint density at radius 2 is 1.88 bits per heavy atom. The van der Waals surface area contributed by atoms with Gasteiger partial charge in [-0.25, -0.2) is 0 Å². The molecule has 0 aliphatic carbocycles. The van der Waals surface area contributed by atoms with E-state index in [1.807, 2.05) is 44.2 Å². The lowest BCUT2D eigenvalue weighted by Crippen LogP contribution is -2.14. The van der Waals surface area contributed by atoms with E-state index in [0.717, 1.165) is 21.2 Å². The van der Waals surface area contributed by atoms with Gasteiger partial charge in [0, 0.05) is 31.3 Å². The van der Waals surface area contributed by atoms with Gasteiger partial charge < -0.3 is 10.1 Å². The van der Waals surface area contributed by atoms with Crippen molar-refractivity contribution in [3.8, 4) is 11.8 Å². The lowest BCUT2D eigenvalue weighted by molar-refractivity contribution is -0.112. The molecule has 0 saturated carbocycles. The number of benzene rings is 3. The molecule has 33 heavy (non-hydrogen) atoms. The Morgan fingerprint density at radius 3 is 2.55 bits per heavy atom. The zero-order chi connectivity index (χ0) is 24.1. The van der Waals surface area contributed by atoms with Crippen molar-refractivity contribution < 1.29 is 9.53 Å². The van der Waals surface area contributed by atoms with E-state index in [2.05, 4.69) is 37.2 Å². The molecule has 1 amide bonds. The lowest BCUT2D eigenvalue weighted by atomic mass is 10.1. The summed E-state index contributed by atoms with van der Waals surface area (Å²) in [5, 5.41) is 13.5. The molecule has 4 nitrogen and oxygen atoms in total. The minimum Gasteiger partial charge on any atom is -0.487 e. The molecule has 0 spiro atoms. The number of ether oxygens (including phenoxy) is 1. The molecular formula is C25H18Br2Cl2N2O2. The maximum atomic E-state index is 12.8. The van der Waals surface area contributed by atoms with Crippen LogP contribution in [-0.4, -0.2) is 5.91 Å². The zero-order valence-electron chi connectivity index (χ0n) is 17.7. The van der Waals surface area contributed by atoms with Crippen molar-refractivity contribution in [1.82, 2.24) is 0 Å². The van der Waals surface area contributed by atoms with Crippen LogP contribution in [0.1, 0.15) is 22.3 Å². The van der Waals surface area contributed by atoms with Crippen molar-refractivity contribution in [2.75, 3.05) is 5.32 Å². The van der Waals surface area contributed by atoms with Crippen LogP contribution in [0.15, 0.2) is 63.0 Å². The van der Waals surface area contributed by atoms with Gasteiger partial charge >= 0.3 is 0 Å². The summed E-state index contributed by atoms with van der Waals surface area (Å²) >= 11 is 19.2. The summed E-state index contributed by atoms with van der Waals surface area (Å²) in [7, 11) is 0. The number of hydrogen-bond acceptors (Lipinski definition) is 3.